The van der Waals surface area contributed by atoms with Gasteiger partial charge in [0, 0.05) is 45.5 Å². The number of rotatable bonds is 9. The molecule has 0 radical (unpaired) electrons. The van der Waals surface area contributed by atoms with Crippen molar-refractivity contribution in [2.45, 2.75) is 32.9 Å². The molecule has 1 N–H and O–H groups in total. The molecule has 156 valence electrons. The zero-order valence-electron chi connectivity index (χ0n) is 17.9. The number of nitrogens with zero attached hydrogens (tertiary/aromatic N) is 2. The van der Waals surface area contributed by atoms with E-state index >= 15 is 0 Å². The number of ether oxygens (including phenoxy) is 1. The van der Waals surface area contributed by atoms with Gasteiger partial charge in [-0.3, -0.25) is 9.59 Å². The van der Waals surface area contributed by atoms with E-state index in [1.54, 1.807) is 0 Å². The molecule has 0 saturated heterocycles. The van der Waals surface area contributed by atoms with E-state index < -0.39 is 0 Å². The highest BCUT2D eigenvalue weighted by atomic mass is 16.5. The molecule has 0 fully saturated rings. The van der Waals surface area contributed by atoms with Gasteiger partial charge in [-0.25, -0.2) is 0 Å². The Kier molecular flexibility index (Phi) is 8.21. The summed E-state index contributed by atoms with van der Waals surface area (Å²) < 4.78 is 4.89. The van der Waals surface area contributed by atoms with Gasteiger partial charge in [0.2, 0.25) is 11.8 Å². The summed E-state index contributed by atoms with van der Waals surface area (Å²) in [4.78, 5) is 28.6. The van der Waals surface area contributed by atoms with Crippen molar-refractivity contribution < 1.29 is 14.3 Å². The van der Waals surface area contributed by atoms with Crippen molar-refractivity contribution >= 4 is 23.2 Å². The first-order valence-electron chi connectivity index (χ1n) is 9.80. The number of anilines is 2. The van der Waals surface area contributed by atoms with E-state index in [1.165, 1.54) is 7.11 Å². The summed E-state index contributed by atoms with van der Waals surface area (Å²) in [6.45, 7) is 4.37. The zero-order valence-corrected chi connectivity index (χ0v) is 17.9. The van der Waals surface area contributed by atoms with Crippen LogP contribution in [-0.2, 0) is 20.9 Å². The van der Waals surface area contributed by atoms with Crippen LogP contribution in [0.5, 0.6) is 0 Å². The third-order valence-electron chi connectivity index (χ3n) is 4.83. The third-order valence-corrected chi connectivity index (χ3v) is 4.83. The van der Waals surface area contributed by atoms with Crippen LogP contribution >= 0.6 is 0 Å². The highest BCUT2D eigenvalue weighted by molar-refractivity contribution is 5.92. The second-order valence-corrected chi connectivity index (χ2v) is 7.18. The SMILES string of the molecule is CCC(=O)N(Cc1cc(NC(=O)COC)ccc1N(C)C)[C@H](C)c1ccccc1. The lowest BCUT2D eigenvalue weighted by Crippen LogP contribution is -2.33. The van der Waals surface area contributed by atoms with Gasteiger partial charge in [-0.1, -0.05) is 37.3 Å². The minimum Gasteiger partial charge on any atom is -0.377 e. The maximum atomic E-state index is 12.8. The molecule has 0 aliphatic heterocycles. The lowest BCUT2D eigenvalue weighted by atomic mass is 10.0. The van der Waals surface area contributed by atoms with Gasteiger partial charge in [0.1, 0.15) is 6.61 Å². The Hall–Kier alpha value is -2.86. The number of hydrogen-bond acceptors (Lipinski definition) is 4. The van der Waals surface area contributed by atoms with Crippen molar-refractivity contribution in [2.24, 2.45) is 0 Å². The standard InChI is InChI=1S/C23H31N3O3/c1-6-23(28)26(17(2)18-10-8-7-9-11-18)15-19-14-20(24-22(27)16-29-5)12-13-21(19)25(3)4/h7-14,17H,6,15-16H2,1-5H3,(H,24,27)/t17-/m1/s1. The van der Waals surface area contributed by atoms with Crippen LogP contribution in [0.2, 0.25) is 0 Å². The molecule has 2 aromatic carbocycles. The van der Waals surface area contributed by atoms with Crippen molar-refractivity contribution in [1.82, 2.24) is 4.90 Å². The summed E-state index contributed by atoms with van der Waals surface area (Å²) >= 11 is 0. The quantitative estimate of drug-likeness (QED) is 0.698. The minimum absolute atomic E-state index is 0.00372. The van der Waals surface area contributed by atoms with Crippen LogP contribution in [0.1, 0.15) is 37.4 Å². The summed E-state index contributed by atoms with van der Waals surface area (Å²) in [5.41, 5.74) is 3.74. The van der Waals surface area contributed by atoms with E-state index in [9.17, 15) is 9.59 Å². The number of hydrogen-bond donors (Lipinski definition) is 1. The number of carbonyl (C=O) groups excluding carboxylic acids is 2. The average Bonchev–Trinajstić information content (AvgIpc) is 2.71. The topological polar surface area (TPSA) is 61.9 Å². The van der Waals surface area contributed by atoms with Gasteiger partial charge in [-0.05, 0) is 36.2 Å². The lowest BCUT2D eigenvalue weighted by molar-refractivity contribution is -0.133. The molecule has 0 aliphatic carbocycles. The van der Waals surface area contributed by atoms with E-state index in [2.05, 4.69) is 5.32 Å². The fourth-order valence-electron chi connectivity index (χ4n) is 3.29. The van der Waals surface area contributed by atoms with Crippen LogP contribution in [0.3, 0.4) is 0 Å². The first kappa shape index (κ1) is 22.4. The molecule has 0 bridgehead atoms. The predicted molar refractivity (Wildman–Crippen MR) is 117 cm³/mol. The molecule has 1 atom stereocenters. The maximum Gasteiger partial charge on any atom is 0.250 e. The molecule has 0 unspecified atom stereocenters. The highest BCUT2D eigenvalue weighted by Crippen LogP contribution is 2.29. The van der Waals surface area contributed by atoms with Gasteiger partial charge in [0.15, 0.2) is 0 Å². The molecule has 0 spiro atoms. The van der Waals surface area contributed by atoms with Crippen LogP contribution in [0.15, 0.2) is 48.5 Å². The highest BCUT2D eigenvalue weighted by Gasteiger charge is 2.22. The normalized spacial score (nSPS) is 11.6. The van der Waals surface area contributed by atoms with Crippen LogP contribution in [-0.4, -0.2) is 44.5 Å². The number of amides is 2. The largest absolute Gasteiger partial charge is 0.377 e. The van der Waals surface area contributed by atoms with Gasteiger partial charge in [-0.15, -0.1) is 0 Å². The molecule has 6 heteroatoms. The van der Waals surface area contributed by atoms with Gasteiger partial charge in [-0.2, -0.15) is 0 Å². The van der Waals surface area contributed by atoms with E-state index in [4.69, 9.17) is 4.74 Å². The Morgan fingerprint density at radius 2 is 1.79 bits per heavy atom. The number of methoxy groups -OCH3 is 1. The number of carbonyl (C=O) groups is 2. The lowest BCUT2D eigenvalue weighted by Gasteiger charge is -2.31. The summed E-state index contributed by atoms with van der Waals surface area (Å²) in [6.07, 6.45) is 0.429. The Bertz CT molecular complexity index is 821. The maximum absolute atomic E-state index is 12.8. The van der Waals surface area contributed by atoms with Crippen LogP contribution in [0.4, 0.5) is 11.4 Å². The third kappa shape index (κ3) is 6.06. The minimum atomic E-state index is -0.213. The molecule has 0 aliphatic rings. The van der Waals surface area contributed by atoms with E-state index in [-0.39, 0.29) is 24.5 Å². The summed E-state index contributed by atoms with van der Waals surface area (Å²) in [5.74, 6) is -0.130. The molecule has 2 amide bonds. The second kappa shape index (κ2) is 10.6. The van der Waals surface area contributed by atoms with Crippen molar-refractivity contribution in [3.63, 3.8) is 0 Å². The number of nitrogens with one attached hydrogen (secondary N) is 1. The molecule has 2 rings (SSSR count). The average molecular weight is 398 g/mol. The Morgan fingerprint density at radius 3 is 2.38 bits per heavy atom. The Balaban J connectivity index is 2.37. The van der Waals surface area contributed by atoms with E-state index in [1.807, 2.05) is 86.3 Å². The monoisotopic (exact) mass is 397 g/mol. The van der Waals surface area contributed by atoms with Crippen molar-refractivity contribution in [1.29, 1.82) is 0 Å². The van der Waals surface area contributed by atoms with Crippen LogP contribution in [0, 0.1) is 0 Å². The molecule has 0 heterocycles. The molecule has 29 heavy (non-hydrogen) atoms. The van der Waals surface area contributed by atoms with Gasteiger partial charge in [0.25, 0.3) is 0 Å². The molecular formula is C23H31N3O3. The first-order chi connectivity index (χ1) is 13.9. The fraction of sp³-hybridized carbons (Fsp3) is 0.391. The van der Waals surface area contributed by atoms with Crippen molar-refractivity contribution in [3.8, 4) is 0 Å². The smallest absolute Gasteiger partial charge is 0.250 e. The van der Waals surface area contributed by atoms with E-state index in [0.717, 1.165) is 16.8 Å². The van der Waals surface area contributed by atoms with Gasteiger partial charge >= 0.3 is 0 Å². The Labute approximate surface area is 173 Å². The molecule has 0 aromatic heterocycles. The molecule has 0 saturated carbocycles. The molecule has 2 aromatic rings. The van der Waals surface area contributed by atoms with Crippen LogP contribution in [0.25, 0.3) is 0 Å². The summed E-state index contributed by atoms with van der Waals surface area (Å²) in [7, 11) is 5.42. The molecule has 6 nitrogen and oxygen atoms in total. The van der Waals surface area contributed by atoms with Gasteiger partial charge in [0.05, 0.1) is 6.04 Å². The predicted octanol–water partition coefficient (Wildman–Crippen LogP) is 3.84. The van der Waals surface area contributed by atoms with Gasteiger partial charge < -0.3 is 19.9 Å². The van der Waals surface area contributed by atoms with Crippen molar-refractivity contribution in [2.75, 3.05) is 38.0 Å². The zero-order chi connectivity index (χ0) is 21.4. The first-order valence-corrected chi connectivity index (χ1v) is 9.80. The summed E-state index contributed by atoms with van der Waals surface area (Å²) in [5, 5.41) is 2.84. The van der Waals surface area contributed by atoms with Crippen LogP contribution < -0.4 is 10.2 Å². The Morgan fingerprint density at radius 1 is 1.10 bits per heavy atom. The molecular weight excluding hydrogens is 366 g/mol. The van der Waals surface area contributed by atoms with E-state index in [0.29, 0.717) is 18.7 Å². The number of benzene rings is 2. The second-order valence-electron chi connectivity index (χ2n) is 7.18. The fourth-order valence-corrected chi connectivity index (χ4v) is 3.29. The van der Waals surface area contributed by atoms with Crippen molar-refractivity contribution in [3.05, 3.63) is 59.7 Å². The summed E-state index contributed by atoms with van der Waals surface area (Å²) in [6, 6.07) is 15.7.